The molecular formula is C23H19N5OS. The topological polar surface area (TPSA) is 92.9 Å². The quantitative estimate of drug-likeness (QED) is 0.424. The van der Waals surface area contributed by atoms with Gasteiger partial charge >= 0.3 is 6.03 Å². The van der Waals surface area contributed by atoms with Crippen molar-refractivity contribution in [2.45, 2.75) is 13.0 Å². The summed E-state index contributed by atoms with van der Waals surface area (Å²) in [7, 11) is 0. The molecule has 0 saturated heterocycles. The van der Waals surface area contributed by atoms with Gasteiger partial charge in [0.05, 0.1) is 16.9 Å². The molecule has 30 heavy (non-hydrogen) atoms. The van der Waals surface area contributed by atoms with Crippen molar-refractivity contribution in [3.8, 4) is 11.3 Å². The molecule has 0 radical (unpaired) electrons. The monoisotopic (exact) mass is 413 g/mol. The van der Waals surface area contributed by atoms with Crippen LogP contribution in [-0.4, -0.2) is 16.0 Å². The van der Waals surface area contributed by atoms with Gasteiger partial charge in [-0.05, 0) is 31.2 Å². The fourth-order valence-electron chi connectivity index (χ4n) is 3.63. The lowest BCUT2D eigenvalue weighted by atomic mass is 9.99. The average molecular weight is 414 g/mol. The number of hydrogen-bond acceptors (Lipinski definition) is 5. The number of rotatable bonds is 3. The smallest absolute Gasteiger partial charge is 0.319 e. The van der Waals surface area contributed by atoms with Crippen LogP contribution in [0.2, 0.25) is 0 Å². The Morgan fingerprint density at radius 3 is 2.63 bits per heavy atom. The van der Waals surface area contributed by atoms with Crippen molar-refractivity contribution < 1.29 is 4.79 Å². The third-order valence-corrected chi connectivity index (χ3v) is 6.00. The second kappa shape index (κ2) is 7.27. The number of urea groups is 1. The molecule has 0 aliphatic carbocycles. The number of fused-ring (bicyclic) bond motifs is 1. The number of anilines is 1. The van der Waals surface area contributed by atoms with E-state index in [9.17, 15) is 4.79 Å². The minimum atomic E-state index is -0.381. The maximum Gasteiger partial charge on any atom is 0.319 e. The lowest BCUT2D eigenvalue weighted by Gasteiger charge is -2.27. The summed E-state index contributed by atoms with van der Waals surface area (Å²) in [6.07, 6.45) is 0. The summed E-state index contributed by atoms with van der Waals surface area (Å²) in [5.74, 6) is 0. The van der Waals surface area contributed by atoms with Crippen LogP contribution in [0.3, 0.4) is 0 Å². The van der Waals surface area contributed by atoms with Crippen LogP contribution < -0.4 is 16.4 Å². The molecule has 5 rings (SSSR count). The van der Waals surface area contributed by atoms with E-state index in [4.69, 9.17) is 15.7 Å². The van der Waals surface area contributed by atoms with Crippen molar-refractivity contribution in [2.24, 2.45) is 0 Å². The van der Waals surface area contributed by atoms with Crippen LogP contribution in [0.5, 0.6) is 0 Å². The maximum atomic E-state index is 12.2. The molecule has 0 saturated carbocycles. The number of carbonyl (C=O) groups excluding carboxylic acids is 1. The summed E-state index contributed by atoms with van der Waals surface area (Å²) >= 11 is 1.54. The van der Waals surface area contributed by atoms with Gasteiger partial charge in [-0.1, -0.05) is 36.4 Å². The van der Waals surface area contributed by atoms with E-state index in [1.807, 2.05) is 73.0 Å². The van der Waals surface area contributed by atoms with Crippen molar-refractivity contribution >= 4 is 39.5 Å². The maximum absolute atomic E-state index is 12.2. The third-order valence-electron chi connectivity index (χ3n) is 5.13. The largest absolute Gasteiger partial charge is 0.399 e. The Morgan fingerprint density at radius 2 is 1.80 bits per heavy atom. The Bertz CT molecular complexity index is 1290. The van der Waals surface area contributed by atoms with Gasteiger partial charge in [-0.2, -0.15) is 0 Å². The fourth-order valence-corrected chi connectivity index (χ4v) is 4.59. The molecule has 1 unspecified atom stereocenters. The van der Waals surface area contributed by atoms with Crippen molar-refractivity contribution in [2.75, 3.05) is 5.73 Å². The van der Waals surface area contributed by atoms with Gasteiger partial charge in [-0.25, -0.2) is 9.78 Å². The summed E-state index contributed by atoms with van der Waals surface area (Å²) in [6, 6.07) is 18.9. The highest BCUT2D eigenvalue weighted by atomic mass is 32.1. The van der Waals surface area contributed by atoms with Crippen molar-refractivity contribution in [1.82, 2.24) is 20.6 Å². The molecular weight excluding hydrogens is 394 g/mol. The van der Waals surface area contributed by atoms with Gasteiger partial charge < -0.3 is 16.4 Å². The zero-order valence-corrected chi connectivity index (χ0v) is 17.0. The summed E-state index contributed by atoms with van der Waals surface area (Å²) in [5.41, 5.74) is 11.8. The van der Waals surface area contributed by atoms with E-state index in [0.717, 1.165) is 49.8 Å². The number of hydrogen-bond donors (Lipinski definition) is 3. The molecule has 0 spiro atoms. The number of allylic oxidation sites excluding steroid dienone is 1. The molecule has 148 valence electrons. The fraction of sp³-hybridized carbons (Fsp3) is 0.0870. The minimum Gasteiger partial charge on any atom is -0.399 e. The molecule has 4 aromatic rings. The molecule has 7 heteroatoms. The SMILES string of the molecule is CC1=C(c2nc(-c3ccc(N)cc3)cs2)C(c2ccc3ccccc3n2)NC(=O)N1. The van der Waals surface area contributed by atoms with E-state index >= 15 is 0 Å². The van der Waals surface area contributed by atoms with Crippen LogP contribution in [-0.2, 0) is 0 Å². The summed E-state index contributed by atoms with van der Waals surface area (Å²) in [5, 5.41) is 9.80. The Balaban J connectivity index is 1.58. The van der Waals surface area contributed by atoms with Gasteiger partial charge in [-0.3, -0.25) is 4.98 Å². The Kier molecular flexibility index (Phi) is 4.44. The van der Waals surface area contributed by atoms with Crippen molar-refractivity contribution in [3.05, 3.63) is 82.4 Å². The zero-order chi connectivity index (χ0) is 20.7. The number of amides is 2. The summed E-state index contributed by atoms with van der Waals surface area (Å²) < 4.78 is 0. The van der Waals surface area contributed by atoms with Crippen molar-refractivity contribution in [3.63, 3.8) is 0 Å². The number of nitrogens with two attached hydrogens (primary N) is 1. The number of pyridine rings is 1. The van der Waals surface area contributed by atoms with Gasteiger partial charge in [0.25, 0.3) is 0 Å². The van der Waals surface area contributed by atoms with Crippen LogP contribution in [0.4, 0.5) is 10.5 Å². The lowest BCUT2D eigenvalue weighted by molar-refractivity contribution is 0.240. The van der Waals surface area contributed by atoms with E-state index in [0.29, 0.717) is 0 Å². The van der Waals surface area contributed by atoms with E-state index in [-0.39, 0.29) is 12.1 Å². The number of thiazole rings is 1. The van der Waals surface area contributed by atoms with Gasteiger partial charge in [0.15, 0.2) is 0 Å². The first kappa shape index (κ1) is 18.3. The summed E-state index contributed by atoms with van der Waals surface area (Å²) in [6.45, 7) is 1.90. The second-order valence-corrected chi connectivity index (χ2v) is 8.02. The highest BCUT2D eigenvalue weighted by Gasteiger charge is 2.30. The Hall–Kier alpha value is -3.71. The molecule has 2 aromatic heterocycles. The first-order valence-electron chi connectivity index (χ1n) is 9.54. The Labute approximate surface area is 177 Å². The molecule has 4 N–H and O–H groups in total. The molecule has 0 bridgehead atoms. The van der Waals surface area contributed by atoms with Gasteiger partial charge in [-0.15, -0.1) is 11.3 Å². The number of para-hydroxylation sites is 1. The molecule has 1 aliphatic heterocycles. The molecule has 6 nitrogen and oxygen atoms in total. The first-order chi connectivity index (χ1) is 14.6. The van der Waals surface area contributed by atoms with Gasteiger partial charge in [0.1, 0.15) is 11.0 Å². The van der Waals surface area contributed by atoms with E-state index < -0.39 is 0 Å². The van der Waals surface area contributed by atoms with E-state index in [2.05, 4.69) is 10.6 Å². The number of benzene rings is 2. The van der Waals surface area contributed by atoms with E-state index in [1.165, 1.54) is 0 Å². The predicted octanol–water partition coefficient (Wildman–Crippen LogP) is 4.73. The number of carbonyl (C=O) groups is 1. The summed E-state index contributed by atoms with van der Waals surface area (Å²) in [4.78, 5) is 21.9. The number of nitrogen functional groups attached to an aromatic ring is 1. The van der Waals surface area contributed by atoms with Crippen LogP contribution in [0.25, 0.3) is 27.7 Å². The molecule has 1 aliphatic rings. The average Bonchev–Trinajstić information content (AvgIpc) is 3.23. The second-order valence-electron chi connectivity index (χ2n) is 7.16. The molecule has 0 fully saturated rings. The number of nitrogens with zero attached hydrogens (tertiary/aromatic N) is 2. The number of nitrogens with one attached hydrogen (secondary N) is 2. The minimum absolute atomic E-state index is 0.244. The van der Waals surface area contributed by atoms with Gasteiger partial charge in [0.2, 0.25) is 0 Å². The zero-order valence-electron chi connectivity index (χ0n) is 16.2. The standard InChI is InChI=1S/C23H19N5OS/c1-13-20(22-27-19(12-30-22)15-6-9-16(24)10-7-15)21(28-23(29)25-13)18-11-8-14-4-2-3-5-17(14)26-18/h2-12,21H,24H2,1H3,(H2,25,28,29). The van der Waals surface area contributed by atoms with Crippen LogP contribution in [0.15, 0.2) is 71.7 Å². The lowest BCUT2D eigenvalue weighted by Crippen LogP contribution is -2.43. The normalized spacial score (nSPS) is 16.4. The predicted molar refractivity (Wildman–Crippen MR) is 121 cm³/mol. The Morgan fingerprint density at radius 1 is 1.00 bits per heavy atom. The number of aromatic nitrogens is 2. The first-order valence-corrected chi connectivity index (χ1v) is 10.4. The highest BCUT2D eigenvalue weighted by Crippen LogP contribution is 2.37. The highest BCUT2D eigenvalue weighted by molar-refractivity contribution is 7.11. The van der Waals surface area contributed by atoms with Crippen LogP contribution in [0, 0.1) is 0 Å². The van der Waals surface area contributed by atoms with Crippen molar-refractivity contribution in [1.29, 1.82) is 0 Å². The third kappa shape index (κ3) is 3.29. The van der Waals surface area contributed by atoms with Gasteiger partial charge in [0, 0.05) is 33.3 Å². The van der Waals surface area contributed by atoms with E-state index in [1.54, 1.807) is 11.3 Å². The van der Waals surface area contributed by atoms with Crippen LogP contribution >= 0.6 is 11.3 Å². The molecule has 1 atom stereocenters. The molecule has 2 aromatic carbocycles. The van der Waals surface area contributed by atoms with Crippen LogP contribution in [0.1, 0.15) is 23.7 Å². The molecule has 3 heterocycles. The molecule has 2 amide bonds.